The largest absolute Gasteiger partial charge is 0.323 e. The summed E-state index contributed by atoms with van der Waals surface area (Å²) in [5.41, 5.74) is 1.08. The molecule has 0 bridgehead atoms. The highest BCUT2D eigenvalue weighted by Gasteiger charge is 2.31. The maximum Gasteiger partial charge on any atom is 0.323 e. The molecule has 1 unspecified atom stereocenters. The Bertz CT molecular complexity index is 595. The van der Waals surface area contributed by atoms with E-state index in [9.17, 15) is 4.79 Å². The van der Waals surface area contributed by atoms with E-state index in [2.05, 4.69) is 25.5 Å². The highest BCUT2D eigenvalue weighted by molar-refractivity contribution is 7.13. The molecular formula is C19H31N5OS. The van der Waals surface area contributed by atoms with Crippen molar-refractivity contribution < 1.29 is 4.79 Å². The van der Waals surface area contributed by atoms with Crippen LogP contribution in [0.25, 0.3) is 0 Å². The Kier molecular flexibility index (Phi) is 6.07. The van der Waals surface area contributed by atoms with Crippen LogP contribution >= 0.6 is 11.3 Å². The van der Waals surface area contributed by atoms with Gasteiger partial charge in [-0.25, -0.2) is 9.78 Å². The Morgan fingerprint density at radius 2 is 1.81 bits per heavy atom. The van der Waals surface area contributed by atoms with Crippen LogP contribution in [0.4, 0.5) is 9.93 Å². The highest BCUT2D eigenvalue weighted by atomic mass is 32.1. The van der Waals surface area contributed by atoms with Crippen molar-refractivity contribution >= 4 is 22.5 Å². The van der Waals surface area contributed by atoms with Gasteiger partial charge in [-0.15, -0.1) is 11.3 Å². The maximum atomic E-state index is 12.6. The minimum atomic E-state index is 0.0170. The van der Waals surface area contributed by atoms with E-state index in [0.29, 0.717) is 6.04 Å². The predicted octanol–water partition coefficient (Wildman–Crippen LogP) is 3.22. The molecule has 3 saturated heterocycles. The summed E-state index contributed by atoms with van der Waals surface area (Å²) in [7, 11) is 0. The van der Waals surface area contributed by atoms with Gasteiger partial charge < -0.3 is 4.90 Å². The number of piperidine rings is 2. The molecule has 0 radical (unpaired) electrons. The summed E-state index contributed by atoms with van der Waals surface area (Å²) in [5.74, 6) is 0. The van der Waals surface area contributed by atoms with Crippen molar-refractivity contribution in [3.63, 3.8) is 0 Å². The number of hydrogen-bond donors (Lipinski definition) is 1. The van der Waals surface area contributed by atoms with E-state index in [1.54, 1.807) is 11.3 Å². The van der Waals surface area contributed by atoms with Gasteiger partial charge in [-0.1, -0.05) is 12.8 Å². The van der Waals surface area contributed by atoms with E-state index in [4.69, 9.17) is 0 Å². The van der Waals surface area contributed by atoms with Crippen LogP contribution in [0.1, 0.15) is 50.6 Å². The molecule has 3 aliphatic heterocycles. The number of carbonyl (C=O) groups excluding carboxylic acids is 1. The summed E-state index contributed by atoms with van der Waals surface area (Å²) >= 11 is 1.55. The van der Waals surface area contributed by atoms with Crippen LogP contribution in [0.15, 0.2) is 5.38 Å². The van der Waals surface area contributed by atoms with Crippen molar-refractivity contribution in [2.24, 2.45) is 0 Å². The van der Waals surface area contributed by atoms with E-state index in [1.807, 2.05) is 4.90 Å². The van der Waals surface area contributed by atoms with Gasteiger partial charge in [0.15, 0.2) is 5.13 Å². The number of likely N-dealkylation sites (tertiary alicyclic amines) is 3. The number of thiazole rings is 1. The molecule has 4 heterocycles. The topological polar surface area (TPSA) is 51.7 Å². The molecule has 3 aliphatic rings. The first kappa shape index (κ1) is 18.2. The van der Waals surface area contributed by atoms with Gasteiger partial charge in [0.05, 0.1) is 5.69 Å². The SMILES string of the molecule is O=C(Nc1nc(CN2CCCCC2)cs1)N1CCC(N2CCCCC2)C1. The molecule has 3 fully saturated rings. The van der Waals surface area contributed by atoms with Gasteiger partial charge in [0.2, 0.25) is 0 Å². The molecule has 1 aromatic rings. The molecule has 4 rings (SSSR count). The molecule has 0 saturated carbocycles. The van der Waals surface area contributed by atoms with E-state index in [1.165, 1.54) is 64.7 Å². The molecule has 0 aliphatic carbocycles. The zero-order valence-electron chi connectivity index (χ0n) is 15.7. The summed E-state index contributed by atoms with van der Waals surface area (Å²) in [4.78, 5) is 24.2. The van der Waals surface area contributed by atoms with Crippen LogP contribution < -0.4 is 5.32 Å². The van der Waals surface area contributed by atoms with Gasteiger partial charge in [-0.3, -0.25) is 15.1 Å². The predicted molar refractivity (Wildman–Crippen MR) is 106 cm³/mol. The fourth-order valence-electron chi connectivity index (χ4n) is 4.46. The average Bonchev–Trinajstić information content (AvgIpc) is 3.33. The fraction of sp³-hybridized carbons (Fsp3) is 0.789. The van der Waals surface area contributed by atoms with Gasteiger partial charge in [0.1, 0.15) is 0 Å². The summed E-state index contributed by atoms with van der Waals surface area (Å²) < 4.78 is 0. The lowest BCUT2D eigenvalue weighted by Crippen LogP contribution is -2.42. The smallest absolute Gasteiger partial charge is 0.323 e. The Hall–Kier alpha value is -1.18. The van der Waals surface area contributed by atoms with Crippen molar-refractivity contribution in [3.8, 4) is 0 Å². The Labute approximate surface area is 160 Å². The van der Waals surface area contributed by atoms with Crippen molar-refractivity contribution in [1.29, 1.82) is 0 Å². The lowest BCUT2D eigenvalue weighted by atomic mass is 10.1. The van der Waals surface area contributed by atoms with Crippen LogP contribution in [-0.2, 0) is 6.54 Å². The number of anilines is 1. The molecule has 7 heteroatoms. The summed E-state index contributed by atoms with van der Waals surface area (Å²) in [6.45, 7) is 7.37. The first-order valence-corrected chi connectivity index (χ1v) is 11.1. The number of rotatable bonds is 4. The van der Waals surface area contributed by atoms with Crippen molar-refractivity contribution in [3.05, 3.63) is 11.1 Å². The number of aromatic nitrogens is 1. The lowest BCUT2D eigenvalue weighted by Gasteiger charge is -2.32. The van der Waals surface area contributed by atoms with E-state index in [-0.39, 0.29) is 6.03 Å². The Morgan fingerprint density at radius 3 is 2.58 bits per heavy atom. The van der Waals surface area contributed by atoms with Gasteiger partial charge in [-0.05, 0) is 58.3 Å². The van der Waals surface area contributed by atoms with Gasteiger partial charge in [-0.2, -0.15) is 0 Å². The molecule has 1 aromatic heterocycles. The summed E-state index contributed by atoms with van der Waals surface area (Å²) in [6, 6.07) is 0.565. The van der Waals surface area contributed by atoms with Crippen LogP contribution in [0, 0.1) is 0 Å². The third-order valence-corrected chi connectivity index (χ3v) is 6.76. The number of amides is 2. The second-order valence-corrected chi connectivity index (χ2v) is 8.75. The fourth-order valence-corrected chi connectivity index (χ4v) is 5.15. The second-order valence-electron chi connectivity index (χ2n) is 7.90. The van der Waals surface area contributed by atoms with Gasteiger partial charge in [0.25, 0.3) is 0 Å². The molecule has 2 amide bonds. The van der Waals surface area contributed by atoms with Crippen LogP contribution in [0.5, 0.6) is 0 Å². The van der Waals surface area contributed by atoms with Crippen LogP contribution in [-0.4, -0.2) is 71.0 Å². The third kappa shape index (κ3) is 4.56. The molecule has 0 spiro atoms. The van der Waals surface area contributed by atoms with Gasteiger partial charge in [0, 0.05) is 31.1 Å². The quantitative estimate of drug-likeness (QED) is 0.875. The first-order chi connectivity index (χ1) is 12.8. The molecule has 144 valence electrons. The normalized spacial score (nSPS) is 25.5. The molecule has 6 nitrogen and oxygen atoms in total. The number of carbonyl (C=O) groups is 1. The minimum Gasteiger partial charge on any atom is -0.323 e. The second kappa shape index (κ2) is 8.67. The Morgan fingerprint density at radius 1 is 1.08 bits per heavy atom. The third-order valence-electron chi connectivity index (χ3n) is 5.96. The van der Waals surface area contributed by atoms with Gasteiger partial charge >= 0.3 is 6.03 Å². The molecular weight excluding hydrogens is 346 g/mol. The van der Waals surface area contributed by atoms with E-state index < -0.39 is 0 Å². The van der Waals surface area contributed by atoms with Crippen LogP contribution in [0.3, 0.4) is 0 Å². The highest BCUT2D eigenvalue weighted by Crippen LogP contribution is 2.23. The summed E-state index contributed by atoms with van der Waals surface area (Å²) in [6.07, 6.45) is 9.01. The molecule has 26 heavy (non-hydrogen) atoms. The Balaban J connectivity index is 1.25. The van der Waals surface area contributed by atoms with E-state index in [0.717, 1.165) is 36.9 Å². The maximum absolute atomic E-state index is 12.6. The van der Waals surface area contributed by atoms with Crippen LogP contribution in [0.2, 0.25) is 0 Å². The van der Waals surface area contributed by atoms with Crippen molar-refractivity contribution in [2.75, 3.05) is 44.6 Å². The average molecular weight is 378 g/mol. The molecule has 1 N–H and O–H groups in total. The number of nitrogens with zero attached hydrogens (tertiary/aromatic N) is 4. The van der Waals surface area contributed by atoms with Crippen molar-refractivity contribution in [2.45, 2.75) is 57.5 Å². The molecule has 0 aromatic carbocycles. The first-order valence-electron chi connectivity index (χ1n) is 10.2. The minimum absolute atomic E-state index is 0.0170. The molecule has 1 atom stereocenters. The van der Waals surface area contributed by atoms with E-state index >= 15 is 0 Å². The standard InChI is InChI=1S/C19H31N5OS/c25-19(24-12-7-17(14-24)23-10-5-2-6-11-23)21-18-20-16(15-26-18)13-22-8-3-1-4-9-22/h15,17H,1-14H2,(H,20,21,25). The number of hydrogen-bond acceptors (Lipinski definition) is 5. The lowest BCUT2D eigenvalue weighted by molar-refractivity contribution is 0.164. The monoisotopic (exact) mass is 377 g/mol. The number of nitrogens with one attached hydrogen (secondary N) is 1. The summed E-state index contributed by atoms with van der Waals surface area (Å²) in [5, 5.41) is 5.85. The zero-order chi connectivity index (χ0) is 17.8. The zero-order valence-corrected chi connectivity index (χ0v) is 16.5. The van der Waals surface area contributed by atoms with Crippen molar-refractivity contribution in [1.82, 2.24) is 19.7 Å². The number of urea groups is 1.